The smallest absolute Gasteiger partial charge is 0.244 e. The minimum atomic E-state index is -0.159. The van der Waals surface area contributed by atoms with Crippen molar-refractivity contribution in [2.75, 3.05) is 7.11 Å². The lowest BCUT2D eigenvalue weighted by Crippen LogP contribution is -2.24. The molecule has 0 aliphatic rings. The fourth-order valence-corrected chi connectivity index (χ4v) is 2.19. The largest absolute Gasteiger partial charge is 0.496 e. The number of benzene rings is 2. The van der Waals surface area contributed by atoms with Crippen molar-refractivity contribution in [2.45, 2.75) is 13.0 Å². The first kappa shape index (κ1) is 16.1. The minimum Gasteiger partial charge on any atom is -0.496 e. The van der Waals surface area contributed by atoms with E-state index in [2.05, 4.69) is 5.32 Å². The number of carbonyl (C=O) groups is 1. The fraction of sp³-hybridized carbons (Fsp3) is 0.167. The van der Waals surface area contributed by atoms with Gasteiger partial charge in [0.15, 0.2) is 0 Å². The summed E-state index contributed by atoms with van der Waals surface area (Å²) < 4.78 is 5.24. The van der Waals surface area contributed by atoms with E-state index in [1.807, 2.05) is 55.5 Å². The van der Waals surface area contributed by atoms with Crippen molar-refractivity contribution < 1.29 is 9.53 Å². The highest BCUT2D eigenvalue weighted by Crippen LogP contribution is 2.19. The fourth-order valence-electron chi connectivity index (χ4n) is 2.07. The highest BCUT2D eigenvalue weighted by atomic mass is 35.5. The Kier molecular flexibility index (Phi) is 5.61. The van der Waals surface area contributed by atoms with Gasteiger partial charge in [0.2, 0.25) is 5.91 Å². The number of hydrogen-bond donors (Lipinski definition) is 1. The first-order valence-electron chi connectivity index (χ1n) is 6.97. The van der Waals surface area contributed by atoms with Gasteiger partial charge in [0.05, 0.1) is 13.2 Å². The van der Waals surface area contributed by atoms with E-state index >= 15 is 0 Å². The average Bonchev–Trinajstić information content (AvgIpc) is 2.53. The van der Waals surface area contributed by atoms with E-state index in [4.69, 9.17) is 16.3 Å². The Morgan fingerprint density at radius 2 is 1.86 bits per heavy atom. The minimum absolute atomic E-state index is 0.0907. The van der Waals surface area contributed by atoms with Crippen LogP contribution in [0.5, 0.6) is 5.75 Å². The maximum atomic E-state index is 12.0. The summed E-state index contributed by atoms with van der Waals surface area (Å²) in [5.41, 5.74) is 1.86. The first-order chi connectivity index (χ1) is 10.6. The molecule has 0 bridgehead atoms. The maximum absolute atomic E-state index is 12.0. The molecule has 1 amide bonds. The Labute approximate surface area is 135 Å². The molecular formula is C18H18ClNO2. The number of methoxy groups -OCH3 is 1. The highest BCUT2D eigenvalue weighted by Gasteiger charge is 2.07. The van der Waals surface area contributed by atoms with Gasteiger partial charge in [-0.15, -0.1) is 0 Å². The van der Waals surface area contributed by atoms with Crippen LogP contribution in [0.4, 0.5) is 0 Å². The van der Waals surface area contributed by atoms with Gasteiger partial charge in [0.1, 0.15) is 5.75 Å². The van der Waals surface area contributed by atoms with Gasteiger partial charge in [0.25, 0.3) is 0 Å². The third-order valence-electron chi connectivity index (χ3n) is 3.28. The van der Waals surface area contributed by atoms with E-state index in [1.54, 1.807) is 13.2 Å². The summed E-state index contributed by atoms with van der Waals surface area (Å²) in [4.78, 5) is 12.0. The second kappa shape index (κ2) is 7.66. The van der Waals surface area contributed by atoms with E-state index < -0.39 is 0 Å². The summed E-state index contributed by atoms with van der Waals surface area (Å²) in [6, 6.07) is 14.9. The molecule has 0 unspecified atom stereocenters. The molecule has 0 radical (unpaired) electrons. The third-order valence-corrected chi connectivity index (χ3v) is 3.53. The SMILES string of the molecule is COc1ccccc1/C=C/C(=O)N[C@H](C)c1ccc(Cl)cc1. The molecule has 0 heterocycles. The molecule has 1 atom stereocenters. The van der Waals surface area contributed by atoms with E-state index in [0.717, 1.165) is 16.9 Å². The van der Waals surface area contributed by atoms with Crippen molar-refractivity contribution in [3.05, 3.63) is 70.8 Å². The Balaban J connectivity index is 2.00. The molecule has 2 aromatic rings. The number of hydrogen-bond acceptors (Lipinski definition) is 2. The lowest BCUT2D eigenvalue weighted by molar-refractivity contribution is -0.117. The van der Waals surface area contributed by atoms with Gasteiger partial charge in [-0.3, -0.25) is 4.79 Å². The lowest BCUT2D eigenvalue weighted by atomic mass is 10.1. The molecule has 3 nitrogen and oxygen atoms in total. The topological polar surface area (TPSA) is 38.3 Å². The van der Waals surface area contributed by atoms with Crippen LogP contribution in [0.15, 0.2) is 54.6 Å². The number of nitrogens with one attached hydrogen (secondary N) is 1. The van der Waals surface area contributed by atoms with Crippen LogP contribution in [0.2, 0.25) is 5.02 Å². The molecule has 2 rings (SSSR count). The maximum Gasteiger partial charge on any atom is 0.244 e. The molecule has 114 valence electrons. The molecule has 1 N–H and O–H groups in total. The van der Waals surface area contributed by atoms with Gasteiger partial charge in [-0.2, -0.15) is 0 Å². The van der Waals surface area contributed by atoms with Crippen molar-refractivity contribution in [3.8, 4) is 5.75 Å². The Morgan fingerprint density at radius 1 is 1.18 bits per heavy atom. The van der Waals surface area contributed by atoms with Crippen LogP contribution in [-0.2, 0) is 4.79 Å². The van der Waals surface area contributed by atoms with Crippen molar-refractivity contribution in [3.63, 3.8) is 0 Å². The number of para-hydroxylation sites is 1. The zero-order chi connectivity index (χ0) is 15.9. The molecule has 4 heteroatoms. The average molecular weight is 316 g/mol. The van der Waals surface area contributed by atoms with Crippen LogP contribution in [0.25, 0.3) is 6.08 Å². The van der Waals surface area contributed by atoms with Crippen molar-refractivity contribution in [2.24, 2.45) is 0 Å². The van der Waals surface area contributed by atoms with E-state index in [-0.39, 0.29) is 11.9 Å². The molecule has 0 fully saturated rings. The van der Waals surface area contributed by atoms with Gasteiger partial charge in [0, 0.05) is 16.7 Å². The molecule has 0 saturated heterocycles. The number of carbonyl (C=O) groups excluding carboxylic acids is 1. The summed E-state index contributed by atoms with van der Waals surface area (Å²) >= 11 is 5.86. The zero-order valence-electron chi connectivity index (χ0n) is 12.5. The Hall–Kier alpha value is -2.26. The Morgan fingerprint density at radius 3 is 2.55 bits per heavy atom. The summed E-state index contributed by atoms with van der Waals surface area (Å²) in [5, 5.41) is 3.59. The summed E-state index contributed by atoms with van der Waals surface area (Å²) in [6.07, 6.45) is 3.24. The molecule has 0 aliphatic carbocycles. The van der Waals surface area contributed by atoms with Crippen molar-refractivity contribution in [1.82, 2.24) is 5.32 Å². The van der Waals surface area contributed by atoms with Crippen LogP contribution >= 0.6 is 11.6 Å². The molecule has 22 heavy (non-hydrogen) atoms. The molecule has 0 aromatic heterocycles. The monoisotopic (exact) mass is 315 g/mol. The highest BCUT2D eigenvalue weighted by molar-refractivity contribution is 6.30. The second-order valence-corrected chi connectivity index (χ2v) is 5.29. The summed E-state index contributed by atoms with van der Waals surface area (Å²) in [7, 11) is 1.61. The molecular weight excluding hydrogens is 298 g/mol. The second-order valence-electron chi connectivity index (χ2n) is 4.86. The van der Waals surface area contributed by atoms with Gasteiger partial charge in [-0.1, -0.05) is 41.9 Å². The van der Waals surface area contributed by atoms with Gasteiger partial charge in [-0.25, -0.2) is 0 Å². The van der Waals surface area contributed by atoms with E-state index in [0.29, 0.717) is 5.02 Å². The molecule has 0 saturated carbocycles. The number of rotatable bonds is 5. The standard InChI is InChI=1S/C18H18ClNO2/c1-13(14-7-10-16(19)11-8-14)20-18(21)12-9-15-5-3-4-6-17(15)22-2/h3-13H,1-2H3,(H,20,21)/b12-9+/t13-/m1/s1. The predicted molar refractivity (Wildman–Crippen MR) is 90.0 cm³/mol. The molecule has 0 spiro atoms. The van der Waals surface area contributed by atoms with Gasteiger partial charge < -0.3 is 10.1 Å². The summed E-state index contributed by atoms with van der Waals surface area (Å²) in [6.45, 7) is 1.93. The van der Waals surface area contributed by atoms with Gasteiger partial charge >= 0.3 is 0 Å². The predicted octanol–water partition coefficient (Wildman–Crippen LogP) is 4.24. The summed E-state index contributed by atoms with van der Waals surface area (Å²) in [5.74, 6) is 0.575. The van der Waals surface area contributed by atoms with Crippen LogP contribution in [0, 0.1) is 0 Å². The van der Waals surface area contributed by atoms with Crippen molar-refractivity contribution >= 4 is 23.6 Å². The van der Waals surface area contributed by atoms with Crippen LogP contribution in [-0.4, -0.2) is 13.0 Å². The normalized spacial score (nSPS) is 12.1. The lowest BCUT2D eigenvalue weighted by Gasteiger charge is -2.13. The van der Waals surface area contributed by atoms with E-state index in [1.165, 1.54) is 6.08 Å². The van der Waals surface area contributed by atoms with Crippen LogP contribution < -0.4 is 10.1 Å². The number of amides is 1. The first-order valence-corrected chi connectivity index (χ1v) is 7.35. The van der Waals surface area contributed by atoms with E-state index in [9.17, 15) is 4.79 Å². The number of halogens is 1. The third kappa shape index (κ3) is 4.37. The number of ether oxygens (including phenoxy) is 1. The Bertz CT molecular complexity index is 665. The van der Waals surface area contributed by atoms with Gasteiger partial charge in [-0.05, 0) is 36.8 Å². The zero-order valence-corrected chi connectivity index (χ0v) is 13.3. The van der Waals surface area contributed by atoms with Crippen LogP contribution in [0.1, 0.15) is 24.1 Å². The molecule has 2 aromatic carbocycles. The molecule has 0 aliphatic heterocycles. The quantitative estimate of drug-likeness (QED) is 0.838. The van der Waals surface area contributed by atoms with Crippen molar-refractivity contribution in [1.29, 1.82) is 0 Å². The van der Waals surface area contributed by atoms with Crippen LogP contribution in [0.3, 0.4) is 0 Å².